The van der Waals surface area contributed by atoms with Crippen molar-refractivity contribution in [1.82, 2.24) is 0 Å². The lowest BCUT2D eigenvalue weighted by Gasteiger charge is -2.18. The molecular formula is C19H41O3P. The Bertz CT molecular complexity index is 282. The van der Waals surface area contributed by atoms with Crippen LogP contribution in [0.2, 0.25) is 0 Å². The lowest BCUT2D eigenvalue weighted by molar-refractivity contribution is 0.197. The average Bonchev–Trinajstić information content (AvgIpc) is 2.56. The van der Waals surface area contributed by atoms with Gasteiger partial charge in [-0.2, -0.15) is 0 Å². The molecule has 0 heterocycles. The van der Waals surface area contributed by atoms with Gasteiger partial charge in [0.2, 0.25) is 0 Å². The van der Waals surface area contributed by atoms with Crippen LogP contribution in [0.25, 0.3) is 0 Å². The van der Waals surface area contributed by atoms with Crippen molar-refractivity contribution in [3.8, 4) is 0 Å². The molecule has 0 amide bonds. The van der Waals surface area contributed by atoms with Gasteiger partial charge in [-0.05, 0) is 19.3 Å². The molecule has 140 valence electrons. The van der Waals surface area contributed by atoms with E-state index in [0.717, 1.165) is 38.5 Å². The Morgan fingerprint density at radius 2 is 0.957 bits per heavy atom. The standard InChI is InChI=1S/C19H41O3P/c1-4-7-10-11-12-13-14-16-18-22-23(20,19-9-6-3)21-17-15-8-5-2/h4-19H2,1-3H3. The summed E-state index contributed by atoms with van der Waals surface area (Å²) in [4.78, 5) is 0. The van der Waals surface area contributed by atoms with Crippen molar-refractivity contribution >= 4 is 7.60 Å². The zero-order chi connectivity index (χ0) is 17.2. The molecule has 1 unspecified atom stereocenters. The van der Waals surface area contributed by atoms with E-state index in [4.69, 9.17) is 9.05 Å². The van der Waals surface area contributed by atoms with Crippen LogP contribution in [0.15, 0.2) is 0 Å². The molecule has 1 atom stereocenters. The van der Waals surface area contributed by atoms with Crippen LogP contribution in [0.5, 0.6) is 0 Å². The fraction of sp³-hybridized carbons (Fsp3) is 1.00. The van der Waals surface area contributed by atoms with Crippen molar-refractivity contribution in [2.45, 2.75) is 104 Å². The van der Waals surface area contributed by atoms with Gasteiger partial charge in [0, 0.05) is 0 Å². The van der Waals surface area contributed by atoms with Gasteiger partial charge < -0.3 is 9.05 Å². The maximum atomic E-state index is 12.7. The predicted octanol–water partition coefficient (Wildman–Crippen LogP) is 7.34. The second-order valence-corrected chi connectivity index (χ2v) is 8.72. The van der Waals surface area contributed by atoms with Gasteiger partial charge >= 0.3 is 7.60 Å². The molecule has 0 spiro atoms. The van der Waals surface area contributed by atoms with E-state index in [-0.39, 0.29) is 0 Å². The van der Waals surface area contributed by atoms with E-state index >= 15 is 0 Å². The summed E-state index contributed by atoms with van der Waals surface area (Å²) in [6.07, 6.45) is 15.9. The Morgan fingerprint density at radius 3 is 1.48 bits per heavy atom. The van der Waals surface area contributed by atoms with Gasteiger partial charge in [0.1, 0.15) is 0 Å². The molecule has 0 bridgehead atoms. The highest BCUT2D eigenvalue weighted by atomic mass is 31.2. The molecule has 0 aromatic heterocycles. The second-order valence-electron chi connectivity index (χ2n) is 6.54. The minimum absolute atomic E-state index is 0.576. The minimum Gasteiger partial charge on any atom is -0.309 e. The number of hydrogen-bond acceptors (Lipinski definition) is 3. The molecule has 0 radical (unpaired) electrons. The van der Waals surface area contributed by atoms with Crippen LogP contribution in [-0.2, 0) is 13.6 Å². The largest absolute Gasteiger partial charge is 0.330 e. The van der Waals surface area contributed by atoms with E-state index in [1.165, 1.54) is 44.9 Å². The predicted molar refractivity (Wildman–Crippen MR) is 101 cm³/mol. The Morgan fingerprint density at radius 1 is 0.565 bits per heavy atom. The van der Waals surface area contributed by atoms with Crippen LogP contribution in [0.4, 0.5) is 0 Å². The average molecular weight is 349 g/mol. The lowest BCUT2D eigenvalue weighted by atomic mass is 10.1. The van der Waals surface area contributed by atoms with Crippen LogP contribution >= 0.6 is 7.60 Å². The summed E-state index contributed by atoms with van der Waals surface area (Å²) in [7, 11) is -2.85. The third-order valence-electron chi connectivity index (χ3n) is 4.11. The molecule has 0 aromatic carbocycles. The van der Waals surface area contributed by atoms with Crippen LogP contribution in [0.3, 0.4) is 0 Å². The van der Waals surface area contributed by atoms with Gasteiger partial charge in [0.05, 0.1) is 19.4 Å². The van der Waals surface area contributed by atoms with E-state index in [1.807, 2.05) is 0 Å². The zero-order valence-electron chi connectivity index (χ0n) is 16.0. The molecule has 0 rings (SSSR count). The summed E-state index contributed by atoms with van der Waals surface area (Å²) < 4.78 is 24.0. The summed E-state index contributed by atoms with van der Waals surface area (Å²) in [5.41, 5.74) is 0. The summed E-state index contributed by atoms with van der Waals surface area (Å²) in [6, 6.07) is 0. The Labute approximate surface area is 145 Å². The first-order valence-corrected chi connectivity index (χ1v) is 11.8. The van der Waals surface area contributed by atoms with Crippen molar-refractivity contribution in [1.29, 1.82) is 0 Å². The van der Waals surface area contributed by atoms with Crippen molar-refractivity contribution in [3.05, 3.63) is 0 Å². The fourth-order valence-electron chi connectivity index (χ4n) is 2.51. The third kappa shape index (κ3) is 15.4. The first-order chi connectivity index (χ1) is 11.2. The first kappa shape index (κ1) is 23.1. The minimum atomic E-state index is -2.85. The van der Waals surface area contributed by atoms with Gasteiger partial charge in [-0.15, -0.1) is 0 Å². The van der Waals surface area contributed by atoms with Crippen molar-refractivity contribution in [3.63, 3.8) is 0 Å². The second kappa shape index (κ2) is 17.0. The van der Waals surface area contributed by atoms with Crippen LogP contribution in [-0.4, -0.2) is 19.4 Å². The Balaban J connectivity index is 3.76. The van der Waals surface area contributed by atoms with E-state index in [2.05, 4.69) is 20.8 Å². The van der Waals surface area contributed by atoms with E-state index in [9.17, 15) is 4.57 Å². The molecule has 0 fully saturated rings. The molecule has 0 saturated heterocycles. The third-order valence-corrected chi connectivity index (χ3v) is 6.12. The SMILES string of the molecule is CCCCCCCCCCOP(=O)(CCCC)OCCCCC. The fourth-order valence-corrected chi connectivity index (χ4v) is 4.36. The van der Waals surface area contributed by atoms with Crippen LogP contribution < -0.4 is 0 Å². The molecule has 0 aliphatic carbocycles. The number of hydrogen-bond donors (Lipinski definition) is 0. The highest BCUT2D eigenvalue weighted by Crippen LogP contribution is 2.49. The molecule has 0 saturated carbocycles. The summed E-state index contributed by atoms with van der Waals surface area (Å²) in [6.45, 7) is 7.68. The zero-order valence-corrected chi connectivity index (χ0v) is 16.9. The topological polar surface area (TPSA) is 35.5 Å². The van der Waals surface area contributed by atoms with Crippen molar-refractivity contribution in [2.75, 3.05) is 19.4 Å². The van der Waals surface area contributed by atoms with E-state index < -0.39 is 7.60 Å². The lowest BCUT2D eigenvalue weighted by Crippen LogP contribution is -2.03. The Kier molecular flexibility index (Phi) is 17.1. The highest BCUT2D eigenvalue weighted by molar-refractivity contribution is 7.53. The smallest absolute Gasteiger partial charge is 0.309 e. The summed E-state index contributed by atoms with van der Waals surface area (Å²) >= 11 is 0. The molecule has 0 aromatic rings. The highest BCUT2D eigenvalue weighted by Gasteiger charge is 2.23. The molecule has 3 nitrogen and oxygen atoms in total. The molecule has 0 N–H and O–H groups in total. The molecular weight excluding hydrogens is 307 g/mol. The van der Waals surface area contributed by atoms with Gasteiger partial charge in [-0.1, -0.05) is 85.0 Å². The van der Waals surface area contributed by atoms with E-state index in [1.54, 1.807) is 0 Å². The van der Waals surface area contributed by atoms with Gasteiger partial charge in [-0.25, -0.2) is 0 Å². The first-order valence-electron chi connectivity index (χ1n) is 10.1. The van der Waals surface area contributed by atoms with Crippen LogP contribution in [0.1, 0.15) is 104 Å². The monoisotopic (exact) mass is 348 g/mol. The molecule has 4 heteroatoms. The van der Waals surface area contributed by atoms with Crippen LogP contribution in [0, 0.1) is 0 Å². The van der Waals surface area contributed by atoms with Crippen molar-refractivity contribution < 1.29 is 13.6 Å². The van der Waals surface area contributed by atoms with E-state index in [0.29, 0.717) is 19.4 Å². The molecule has 0 aliphatic rings. The molecule has 23 heavy (non-hydrogen) atoms. The van der Waals surface area contributed by atoms with Gasteiger partial charge in [0.15, 0.2) is 0 Å². The summed E-state index contributed by atoms with van der Waals surface area (Å²) in [5, 5.41) is 0. The quantitative estimate of drug-likeness (QED) is 0.192. The van der Waals surface area contributed by atoms with Gasteiger partial charge in [-0.3, -0.25) is 4.57 Å². The summed E-state index contributed by atoms with van der Waals surface area (Å²) in [5.74, 6) is 0. The van der Waals surface area contributed by atoms with Gasteiger partial charge in [0.25, 0.3) is 0 Å². The van der Waals surface area contributed by atoms with Crippen molar-refractivity contribution in [2.24, 2.45) is 0 Å². The maximum absolute atomic E-state index is 12.7. The maximum Gasteiger partial charge on any atom is 0.330 e. The number of unbranched alkanes of at least 4 members (excludes halogenated alkanes) is 10. The molecule has 0 aliphatic heterocycles. The normalized spacial score (nSPS) is 14.0. The number of rotatable bonds is 18. The Hall–Kier alpha value is 0.150.